The van der Waals surface area contributed by atoms with Gasteiger partial charge in [0.2, 0.25) is 0 Å². The van der Waals surface area contributed by atoms with Crippen molar-refractivity contribution in [1.82, 2.24) is 19.7 Å². The van der Waals surface area contributed by atoms with E-state index in [2.05, 4.69) is 45.0 Å². The summed E-state index contributed by atoms with van der Waals surface area (Å²) in [6.07, 6.45) is 8.04. The quantitative estimate of drug-likeness (QED) is 0.275. The number of carbonyl (C=O) groups excluding carboxylic acids is 2. The number of carbonyl (C=O) groups is 2. The number of amides is 2. The van der Waals surface area contributed by atoms with Gasteiger partial charge in [-0.2, -0.15) is 5.10 Å². The third-order valence-electron chi connectivity index (χ3n) is 7.65. The van der Waals surface area contributed by atoms with Gasteiger partial charge in [-0.05, 0) is 80.0 Å². The molecule has 0 aliphatic carbocycles. The van der Waals surface area contributed by atoms with E-state index in [1.807, 2.05) is 68.0 Å². The lowest BCUT2D eigenvalue weighted by molar-refractivity contribution is 0.0712. The summed E-state index contributed by atoms with van der Waals surface area (Å²) in [5, 5.41) is 10.5. The van der Waals surface area contributed by atoms with Crippen LogP contribution in [0.25, 0.3) is 11.1 Å². The van der Waals surface area contributed by atoms with Crippen LogP contribution in [-0.4, -0.2) is 50.6 Å². The standard InChI is InChI=1S/C33H38N6O2/c1-5-23-6-11-27(18-30(23)37-32(40)28-12-13-31(34-19-28)36-22(2)3)33(41)39-16-14-26(15-17-39)24-7-9-25(10-8-24)29-20-35-38(4)21-29/h6-13,18-22,26H,5,14-17H2,1-4H3,(H,34,36)(H,37,40). The summed E-state index contributed by atoms with van der Waals surface area (Å²) in [6.45, 7) is 7.51. The van der Waals surface area contributed by atoms with Crippen LogP contribution in [0.5, 0.6) is 0 Å². The summed E-state index contributed by atoms with van der Waals surface area (Å²) in [6, 6.07) is 18.1. The highest BCUT2D eigenvalue weighted by atomic mass is 16.2. The van der Waals surface area contributed by atoms with Crippen LogP contribution in [0.2, 0.25) is 0 Å². The van der Waals surface area contributed by atoms with Crippen LogP contribution in [0.1, 0.15) is 71.4 Å². The fourth-order valence-electron chi connectivity index (χ4n) is 5.35. The van der Waals surface area contributed by atoms with E-state index >= 15 is 0 Å². The van der Waals surface area contributed by atoms with Gasteiger partial charge in [-0.3, -0.25) is 14.3 Å². The molecule has 1 aliphatic heterocycles. The first-order chi connectivity index (χ1) is 19.8. The molecule has 1 saturated heterocycles. The van der Waals surface area contributed by atoms with Gasteiger partial charge >= 0.3 is 0 Å². The lowest BCUT2D eigenvalue weighted by atomic mass is 9.88. The van der Waals surface area contributed by atoms with Gasteiger partial charge in [0.25, 0.3) is 11.8 Å². The molecule has 0 saturated carbocycles. The zero-order chi connectivity index (χ0) is 28.9. The Kier molecular flexibility index (Phi) is 8.47. The smallest absolute Gasteiger partial charge is 0.257 e. The van der Waals surface area contributed by atoms with Crippen molar-refractivity contribution in [2.45, 2.75) is 52.0 Å². The third-order valence-corrected chi connectivity index (χ3v) is 7.65. The lowest BCUT2D eigenvalue weighted by Crippen LogP contribution is -2.38. The van der Waals surface area contributed by atoms with E-state index in [4.69, 9.17) is 0 Å². The maximum atomic E-state index is 13.5. The van der Waals surface area contributed by atoms with E-state index in [1.165, 1.54) is 5.56 Å². The first kappa shape index (κ1) is 28.1. The molecule has 212 valence electrons. The topological polar surface area (TPSA) is 92.2 Å². The highest BCUT2D eigenvalue weighted by molar-refractivity contribution is 6.05. The van der Waals surface area contributed by atoms with Crippen molar-refractivity contribution < 1.29 is 9.59 Å². The average molecular weight is 551 g/mol. The van der Waals surface area contributed by atoms with E-state index in [0.29, 0.717) is 35.8 Å². The second kappa shape index (κ2) is 12.4. The Morgan fingerprint density at radius 3 is 2.29 bits per heavy atom. The molecule has 0 unspecified atom stereocenters. The largest absolute Gasteiger partial charge is 0.368 e. The van der Waals surface area contributed by atoms with Gasteiger partial charge < -0.3 is 15.5 Å². The van der Waals surface area contributed by atoms with Crippen molar-refractivity contribution >= 4 is 23.3 Å². The number of aryl methyl sites for hydroxylation is 2. The monoisotopic (exact) mass is 550 g/mol. The Bertz CT molecular complexity index is 1500. The van der Waals surface area contributed by atoms with Gasteiger partial charge in [0.15, 0.2) is 0 Å². The molecule has 1 aliphatic rings. The summed E-state index contributed by atoms with van der Waals surface area (Å²) >= 11 is 0. The number of aromatic nitrogens is 3. The van der Waals surface area contributed by atoms with Crippen molar-refractivity contribution in [2.75, 3.05) is 23.7 Å². The van der Waals surface area contributed by atoms with Crippen molar-refractivity contribution in [3.05, 3.63) is 95.4 Å². The fourth-order valence-corrected chi connectivity index (χ4v) is 5.35. The number of hydrogen-bond donors (Lipinski definition) is 2. The second-order valence-electron chi connectivity index (χ2n) is 11.0. The number of rotatable bonds is 8. The molecule has 8 heteroatoms. The van der Waals surface area contributed by atoms with Gasteiger partial charge in [0.05, 0.1) is 11.8 Å². The van der Waals surface area contributed by atoms with E-state index in [1.54, 1.807) is 18.3 Å². The van der Waals surface area contributed by atoms with Crippen LogP contribution in [0, 0.1) is 0 Å². The van der Waals surface area contributed by atoms with Crippen LogP contribution < -0.4 is 10.6 Å². The Hall–Kier alpha value is -4.46. The summed E-state index contributed by atoms with van der Waals surface area (Å²) in [5.74, 6) is 0.904. The summed E-state index contributed by atoms with van der Waals surface area (Å²) < 4.78 is 1.81. The van der Waals surface area contributed by atoms with Crippen LogP contribution in [0.15, 0.2) is 73.2 Å². The number of likely N-dealkylation sites (tertiary alicyclic amines) is 1. The molecule has 0 radical (unpaired) electrons. The number of nitrogens with zero attached hydrogens (tertiary/aromatic N) is 4. The Morgan fingerprint density at radius 1 is 0.951 bits per heavy atom. The molecule has 0 atom stereocenters. The zero-order valence-electron chi connectivity index (χ0n) is 24.2. The molecule has 41 heavy (non-hydrogen) atoms. The molecular formula is C33H38N6O2. The summed E-state index contributed by atoms with van der Waals surface area (Å²) in [4.78, 5) is 32.7. The van der Waals surface area contributed by atoms with Crippen molar-refractivity contribution in [1.29, 1.82) is 0 Å². The predicted molar refractivity (Wildman–Crippen MR) is 163 cm³/mol. The number of anilines is 2. The van der Waals surface area contributed by atoms with Crippen molar-refractivity contribution in [3.63, 3.8) is 0 Å². The maximum absolute atomic E-state index is 13.5. The molecule has 8 nitrogen and oxygen atoms in total. The number of benzene rings is 2. The van der Waals surface area contributed by atoms with Gasteiger partial charge in [0.1, 0.15) is 5.82 Å². The highest BCUT2D eigenvalue weighted by Gasteiger charge is 2.25. The highest BCUT2D eigenvalue weighted by Crippen LogP contribution is 2.31. The molecule has 0 bridgehead atoms. The van der Waals surface area contributed by atoms with Crippen molar-refractivity contribution in [3.8, 4) is 11.1 Å². The van der Waals surface area contributed by atoms with Gasteiger partial charge in [0, 0.05) is 55.4 Å². The van der Waals surface area contributed by atoms with E-state index in [0.717, 1.165) is 41.8 Å². The maximum Gasteiger partial charge on any atom is 0.257 e. The van der Waals surface area contributed by atoms with Crippen LogP contribution in [0.3, 0.4) is 0 Å². The molecule has 2 amide bonds. The Balaban J connectivity index is 1.22. The average Bonchev–Trinajstić information content (AvgIpc) is 3.43. The van der Waals surface area contributed by atoms with Crippen LogP contribution >= 0.6 is 0 Å². The summed E-state index contributed by atoms with van der Waals surface area (Å²) in [5.41, 5.74) is 6.28. The minimum Gasteiger partial charge on any atom is -0.368 e. The van der Waals surface area contributed by atoms with Crippen LogP contribution in [-0.2, 0) is 13.5 Å². The molecule has 4 aromatic rings. The second-order valence-corrected chi connectivity index (χ2v) is 11.0. The normalized spacial score (nSPS) is 13.8. The van der Waals surface area contributed by atoms with Gasteiger partial charge in [-0.1, -0.05) is 37.3 Å². The van der Waals surface area contributed by atoms with E-state index in [9.17, 15) is 9.59 Å². The minimum absolute atomic E-state index is 0.000642. The molecule has 0 spiro atoms. The third kappa shape index (κ3) is 6.65. The Labute approximate surface area is 241 Å². The molecule has 2 aromatic heterocycles. The molecule has 1 fully saturated rings. The van der Waals surface area contributed by atoms with Gasteiger partial charge in [-0.15, -0.1) is 0 Å². The number of piperidine rings is 1. The zero-order valence-corrected chi connectivity index (χ0v) is 24.2. The van der Waals surface area contributed by atoms with Crippen LogP contribution in [0.4, 0.5) is 11.5 Å². The molecular weight excluding hydrogens is 512 g/mol. The van der Waals surface area contributed by atoms with Crippen molar-refractivity contribution in [2.24, 2.45) is 7.05 Å². The first-order valence-corrected chi connectivity index (χ1v) is 14.4. The molecule has 5 rings (SSSR count). The SMILES string of the molecule is CCc1ccc(C(=O)N2CCC(c3ccc(-c4cnn(C)c4)cc3)CC2)cc1NC(=O)c1ccc(NC(C)C)nc1. The Morgan fingerprint density at radius 2 is 1.68 bits per heavy atom. The first-order valence-electron chi connectivity index (χ1n) is 14.4. The van der Waals surface area contributed by atoms with E-state index in [-0.39, 0.29) is 17.9 Å². The van der Waals surface area contributed by atoms with Gasteiger partial charge in [-0.25, -0.2) is 4.98 Å². The molecule has 3 heterocycles. The lowest BCUT2D eigenvalue weighted by Gasteiger charge is -2.32. The minimum atomic E-state index is -0.247. The summed E-state index contributed by atoms with van der Waals surface area (Å²) in [7, 11) is 1.92. The molecule has 2 aromatic carbocycles. The molecule has 2 N–H and O–H groups in total. The van der Waals surface area contributed by atoms with E-state index < -0.39 is 0 Å². The number of pyridine rings is 1. The number of hydrogen-bond acceptors (Lipinski definition) is 5. The predicted octanol–water partition coefficient (Wildman–Crippen LogP) is 6.14. The number of nitrogens with one attached hydrogen (secondary N) is 2. The fraction of sp³-hybridized carbons (Fsp3) is 0.333.